The lowest BCUT2D eigenvalue weighted by Gasteiger charge is -2.17. The molecule has 0 bridgehead atoms. The SMILES string of the molecule is CC(C)NC(=O)NC(C)C(=O)NC(C)C. The van der Waals surface area contributed by atoms with Gasteiger partial charge in [-0.3, -0.25) is 4.79 Å². The molecule has 0 spiro atoms. The van der Waals surface area contributed by atoms with Gasteiger partial charge in [0.2, 0.25) is 5.91 Å². The van der Waals surface area contributed by atoms with E-state index in [-0.39, 0.29) is 24.0 Å². The lowest BCUT2D eigenvalue weighted by molar-refractivity contribution is -0.123. The van der Waals surface area contributed by atoms with Crippen molar-refractivity contribution in [3.05, 3.63) is 0 Å². The molecule has 3 amide bonds. The maximum Gasteiger partial charge on any atom is 0.315 e. The first kappa shape index (κ1) is 13.7. The molecule has 1 unspecified atom stereocenters. The Kier molecular flexibility index (Phi) is 5.74. The molecule has 0 fully saturated rings. The molecular weight excluding hydrogens is 194 g/mol. The molecule has 0 radical (unpaired) electrons. The molecule has 3 N–H and O–H groups in total. The highest BCUT2D eigenvalue weighted by atomic mass is 16.2. The van der Waals surface area contributed by atoms with E-state index in [1.807, 2.05) is 27.7 Å². The molecule has 0 saturated carbocycles. The number of hydrogen-bond donors (Lipinski definition) is 3. The molecular formula is C10H21N3O2. The molecule has 0 heterocycles. The normalized spacial score (nSPS) is 12.5. The third kappa shape index (κ3) is 6.76. The van der Waals surface area contributed by atoms with Crippen LogP contribution in [-0.4, -0.2) is 30.1 Å². The number of carbonyl (C=O) groups is 2. The van der Waals surface area contributed by atoms with Crippen LogP contribution in [0.4, 0.5) is 4.79 Å². The molecule has 0 aromatic rings. The highest BCUT2D eigenvalue weighted by Gasteiger charge is 2.15. The number of urea groups is 1. The van der Waals surface area contributed by atoms with E-state index in [9.17, 15) is 9.59 Å². The highest BCUT2D eigenvalue weighted by Crippen LogP contribution is 1.86. The minimum absolute atomic E-state index is 0.0605. The van der Waals surface area contributed by atoms with Crippen molar-refractivity contribution < 1.29 is 9.59 Å². The highest BCUT2D eigenvalue weighted by molar-refractivity contribution is 5.86. The van der Waals surface area contributed by atoms with Crippen molar-refractivity contribution in [1.82, 2.24) is 16.0 Å². The third-order valence-electron chi connectivity index (χ3n) is 1.59. The first-order valence-electron chi connectivity index (χ1n) is 5.20. The smallest absolute Gasteiger partial charge is 0.315 e. The molecule has 5 heteroatoms. The summed E-state index contributed by atoms with van der Waals surface area (Å²) >= 11 is 0. The van der Waals surface area contributed by atoms with Crippen molar-refractivity contribution in [2.75, 3.05) is 0 Å². The Morgan fingerprint density at radius 3 is 1.67 bits per heavy atom. The second kappa shape index (κ2) is 6.27. The summed E-state index contributed by atoms with van der Waals surface area (Å²) < 4.78 is 0. The van der Waals surface area contributed by atoms with Crippen LogP contribution in [0.25, 0.3) is 0 Å². The lowest BCUT2D eigenvalue weighted by Crippen LogP contribution is -2.50. The number of rotatable bonds is 4. The Labute approximate surface area is 91.0 Å². The number of nitrogens with one attached hydrogen (secondary N) is 3. The summed E-state index contributed by atoms with van der Waals surface area (Å²) in [4.78, 5) is 22.7. The Hall–Kier alpha value is -1.26. The molecule has 0 aliphatic heterocycles. The average molecular weight is 215 g/mol. The van der Waals surface area contributed by atoms with Crippen LogP contribution < -0.4 is 16.0 Å². The second-order valence-electron chi connectivity index (χ2n) is 4.16. The largest absolute Gasteiger partial charge is 0.352 e. The van der Waals surface area contributed by atoms with Gasteiger partial charge in [-0.2, -0.15) is 0 Å². The molecule has 0 aliphatic carbocycles. The quantitative estimate of drug-likeness (QED) is 0.643. The summed E-state index contributed by atoms with van der Waals surface area (Å²) in [5, 5.41) is 7.93. The predicted molar refractivity (Wildman–Crippen MR) is 59.5 cm³/mol. The van der Waals surface area contributed by atoms with E-state index < -0.39 is 6.04 Å². The van der Waals surface area contributed by atoms with Crippen molar-refractivity contribution in [3.8, 4) is 0 Å². The standard InChI is InChI=1S/C10H21N3O2/c1-6(2)11-9(14)8(5)13-10(15)12-7(3)4/h6-8H,1-5H3,(H,11,14)(H2,12,13,15). The van der Waals surface area contributed by atoms with Crippen molar-refractivity contribution in [2.24, 2.45) is 0 Å². The minimum atomic E-state index is -0.522. The topological polar surface area (TPSA) is 70.2 Å². The van der Waals surface area contributed by atoms with Gasteiger partial charge < -0.3 is 16.0 Å². The van der Waals surface area contributed by atoms with Crippen molar-refractivity contribution >= 4 is 11.9 Å². The summed E-state index contributed by atoms with van der Waals surface area (Å²) in [6.45, 7) is 9.12. The Bertz CT molecular complexity index is 227. The molecule has 1 atom stereocenters. The van der Waals surface area contributed by atoms with Gasteiger partial charge >= 0.3 is 6.03 Å². The summed E-state index contributed by atoms with van der Waals surface area (Å²) in [6.07, 6.45) is 0. The van der Waals surface area contributed by atoms with Gasteiger partial charge in [0.15, 0.2) is 0 Å². The van der Waals surface area contributed by atoms with Gasteiger partial charge in [0.05, 0.1) is 0 Å². The molecule has 5 nitrogen and oxygen atoms in total. The number of hydrogen-bond acceptors (Lipinski definition) is 2. The zero-order valence-corrected chi connectivity index (χ0v) is 10.0. The monoisotopic (exact) mass is 215 g/mol. The van der Waals surface area contributed by atoms with Crippen LogP contribution in [0, 0.1) is 0 Å². The molecule has 0 aliphatic rings. The van der Waals surface area contributed by atoms with Crippen molar-refractivity contribution in [3.63, 3.8) is 0 Å². The first-order chi connectivity index (χ1) is 6.82. The van der Waals surface area contributed by atoms with Crippen molar-refractivity contribution in [2.45, 2.75) is 52.7 Å². The summed E-state index contributed by atoms with van der Waals surface area (Å²) in [5.41, 5.74) is 0. The zero-order chi connectivity index (χ0) is 12.0. The fourth-order valence-electron chi connectivity index (χ4n) is 0.976. The van der Waals surface area contributed by atoms with Gasteiger partial charge in [0.25, 0.3) is 0 Å². The van der Waals surface area contributed by atoms with Crippen LogP contribution in [0.2, 0.25) is 0 Å². The van der Waals surface area contributed by atoms with Gasteiger partial charge in [-0.1, -0.05) is 0 Å². The zero-order valence-electron chi connectivity index (χ0n) is 10.0. The van der Waals surface area contributed by atoms with Gasteiger partial charge in [0.1, 0.15) is 6.04 Å². The average Bonchev–Trinajstić information content (AvgIpc) is 2.00. The predicted octanol–water partition coefficient (Wildman–Crippen LogP) is 0.607. The van der Waals surface area contributed by atoms with Crippen LogP contribution in [0.15, 0.2) is 0 Å². The van der Waals surface area contributed by atoms with Gasteiger partial charge in [-0.25, -0.2) is 4.79 Å². The lowest BCUT2D eigenvalue weighted by atomic mass is 10.3. The molecule has 0 aromatic carbocycles. The summed E-state index contributed by atoms with van der Waals surface area (Å²) in [5.74, 6) is -0.177. The van der Waals surface area contributed by atoms with Crippen LogP contribution in [0.3, 0.4) is 0 Å². The van der Waals surface area contributed by atoms with Crippen LogP contribution in [-0.2, 0) is 4.79 Å². The van der Waals surface area contributed by atoms with Crippen LogP contribution >= 0.6 is 0 Å². The summed E-state index contributed by atoms with van der Waals surface area (Å²) in [7, 11) is 0. The van der Waals surface area contributed by atoms with Crippen LogP contribution in [0.1, 0.15) is 34.6 Å². The summed E-state index contributed by atoms with van der Waals surface area (Å²) in [6, 6.07) is -0.706. The molecule has 15 heavy (non-hydrogen) atoms. The first-order valence-corrected chi connectivity index (χ1v) is 5.20. The fraction of sp³-hybridized carbons (Fsp3) is 0.800. The van der Waals surface area contributed by atoms with Gasteiger partial charge in [0, 0.05) is 12.1 Å². The Morgan fingerprint density at radius 2 is 1.27 bits per heavy atom. The van der Waals surface area contributed by atoms with E-state index in [1.54, 1.807) is 6.92 Å². The van der Waals surface area contributed by atoms with Gasteiger partial charge in [-0.15, -0.1) is 0 Å². The maximum atomic E-state index is 11.4. The molecule has 0 aromatic heterocycles. The van der Waals surface area contributed by atoms with E-state index in [4.69, 9.17) is 0 Å². The van der Waals surface area contributed by atoms with Crippen molar-refractivity contribution in [1.29, 1.82) is 0 Å². The molecule has 0 rings (SSSR count). The van der Waals surface area contributed by atoms with E-state index in [0.717, 1.165) is 0 Å². The second-order valence-corrected chi connectivity index (χ2v) is 4.16. The van der Waals surface area contributed by atoms with E-state index in [0.29, 0.717) is 0 Å². The molecule has 88 valence electrons. The number of carbonyl (C=O) groups excluding carboxylic acids is 2. The third-order valence-corrected chi connectivity index (χ3v) is 1.59. The van der Waals surface area contributed by atoms with E-state index in [1.165, 1.54) is 0 Å². The Morgan fingerprint density at radius 1 is 0.800 bits per heavy atom. The van der Waals surface area contributed by atoms with E-state index in [2.05, 4.69) is 16.0 Å². The maximum absolute atomic E-state index is 11.4. The Balaban J connectivity index is 3.96. The van der Waals surface area contributed by atoms with Gasteiger partial charge in [-0.05, 0) is 34.6 Å². The minimum Gasteiger partial charge on any atom is -0.352 e. The molecule has 0 saturated heterocycles. The fourth-order valence-corrected chi connectivity index (χ4v) is 0.976. The number of amides is 3. The van der Waals surface area contributed by atoms with Crippen LogP contribution in [0.5, 0.6) is 0 Å². The van der Waals surface area contributed by atoms with E-state index >= 15 is 0 Å².